The summed E-state index contributed by atoms with van der Waals surface area (Å²) in [6, 6.07) is 12.3. The molecule has 3 aliphatic rings. The lowest BCUT2D eigenvalue weighted by Gasteiger charge is -2.42. The predicted octanol–water partition coefficient (Wildman–Crippen LogP) is 2.54. The highest BCUT2D eigenvalue weighted by Gasteiger charge is 2.50. The van der Waals surface area contributed by atoms with Crippen LogP contribution in [0.15, 0.2) is 48.5 Å². The highest BCUT2D eigenvalue weighted by molar-refractivity contribution is 6.31. The van der Waals surface area contributed by atoms with Crippen LogP contribution in [0.25, 0.3) is 0 Å². The third-order valence-electron chi connectivity index (χ3n) is 9.54. The number of carbonyl (C=O) groups excluding carboxylic acids is 5. The number of alkyl carbamates (subject to hydrolysis) is 1. The molecule has 1 fully saturated rings. The molecule has 0 unspecified atom stereocenters. The number of esters is 1. The van der Waals surface area contributed by atoms with Gasteiger partial charge in [0.15, 0.2) is 18.7 Å². The van der Waals surface area contributed by atoms with Gasteiger partial charge in [0.1, 0.15) is 35.6 Å². The molecule has 0 aromatic heterocycles. The van der Waals surface area contributed by atoms with Crippen LogP contribution in [-0.4, -0.2) is 93.7 Å². The third kappa shape index (κ3) is 6.70. The van der Waals surface area contributed by atoms with Gasteiger partial charge in [-0.15, -0.1) is 0 Å². The molecule has 0 saturated carbocycles. The van der Waals surface area contributed by atoms with Gasteiger partial charge in [0.25, 0.3) is 0 Å². The average Bonchev–Trinajstić information content (AvgIpc) is 3.12. The van der Waals surface area contributed by atoms with Crippen LogP contribution in [0.4, 0.5) is 4.79 Å². The van der Waals surface area contributed by atoms with Gasteiger partial charge in [-0.3, -0.25) is 19.2 Å². The molecule has 1 aliphatic heterocycles. The van der Waals surface area contributed by atoms with Crippen LogP contribution in [0, 0.1) is 0 Å². The quantitative estimate of drug-likeness (QED) is 0.124. The maximum absolute atomic E-state index is 13.9. The fraction of sp³-hybridized carbons (Fsp3) is 0.378. The van der Waals surface area contributed by atoms with Gasteiger partial charge in [0, 0.05) is 42.9 Å². The van der Waals surface area contributed by atoms with Crippen molar-refractivity contribution in [3.63, 3.8) is 0 Å². The number of aliphatic hydroxyl groups is 2. The van der Waals surface area contributed by atoms with E-state index in [1.165, 1.54) is 32.2 Å². The number of aromatic hydroxyl groups is 2. The van der Waals surface area contributed by atoms with Gasteiger partial charge < -0.3 is 49.4 Å². The van der Waals surface area contributed by atoms with E-state index in [1.54, 1.807) is 24.3 Å². The van der Waals surface area contributed by atoms with Gasteiger partial charge in [-0.2, -0.15) is 0 Å². The molecule has 2 aliphatic carbocycles. The van der Waals surface area contributed by atoms with E-state index >= 15 is 0 Å². The Morgan fingerprint density at radius 1 is 0.962 bits per heavy atom. The first-order valence-corrected chi connectivity index (χ1v) is 16.5. The molecule has 1 heterocycles. The molecule has 274 valence electrons. The number of rotatable bonds is 9. The standard InChI is InChI=1S/C37H37NO14/c1-17-31(41)22(38-36(46)50-15-19-8-5-4-6-9-19)12-26(51-17)52-24-14-37(47,25(40)16-49-18(2)39)13-21-28(24)35(45)30-29(33(21)43)32(42)20-10-7-11-23(48-3)27(20)34(30)44/h4-11,17,22,24,26,31,41,43,45,47H,12-16H2,1-3H3,(H,38,46)/t17-,22-,24-,26-,31+,37-/m0/s1. The van der Waals surface area contributed by atoms with E-state index in [4.69, 9.17) is 23.7 Å². The molecule has 0 radical (unpaired) electrons. The Morgan fingerprint density at radius 2 is 1.67 bits per heavy atom. The molecule has 1 amide bonds. The van der Waals surface area contributed by atoms with E-state index in [2.05, 4.69) is 5.32 Å². The van der Waals surface area contributed by atoms with Crippen LogP contribution in [0.2, 0.25) is 0 Å². The van der Waals surface area contributed by atoms with E-state index in [0.29, 0.717) is 0 Å². The summed E-state index contributed by atoms with van der Waals surface area (Å²) < 4.78 is 27.6. The van der Waals surface area contributed by atoms with Gasteiger partial charge in [-0.25, -0.2) is 4.79 Å². The minimum absolute atomic E-state index is 0.0368. The number of phenolic OH excluding ortho intramolecular Hbond substituents is 2. The maximum Gasteiger partial charge on any atom is 0.407 e. The maximum atomic E-state index is 13.9. The van der Waals surface area contributed by atoms with Crippen molar-refractivity contribution in [2.45, 2.75) is 76.0 Å². The van der Waals surface area contributed by atoms with Gasteiger partial charge in [-0.1, -0.05) is 42.5 Å². The van der Waals surface area contributed by atoms with Crippen LogP contribution in [-0.2, 0) is 41.6 Å². The number of amides is 1. The first kappa shape index (κ1) is 36.4. The zero-order valence-corrected chi connectivity index (χ0v) is 28.4. The highest BCUT2D eigenvalue weighted by Crippen LogP contribution is 2.52. The van der Waals surface area contributed by atoms with Gasteiger partial charge in [-0.05, 0) is 18.6 Å². The number of hydrogen-bond acceptors (Lipinski definition) is 14. The van der Waals surface area contributed by atoms with E-state index in [1.807, 2.05) is 6.07 Å². The molecule has 52 heavy (non-hydrogen) atoms. The van der Waals surface area contributed by atoms with E-state index in [0.717, 1.165) is 12.5 Å². The van der Waals surface area contributed by atoms with Crippen molar-refractivity contribution in [3.05, 3.63) is 87.5 Å². The molecule has 1 saturated heterocycles. The second-order valence-corrected chi connectivity index (χ2v) is 12.9. The first-order valence-electron chi connectivity index (χ1n) is 16.5. The largest absolute Gasteiger partial charge is 0.507 e. The molecule has 3 aromatic carbocycles. The van der Waals surface area contributed by atoms with Crippen LogP contribution in [0.3, 0.4) is 0 Å². The molecular formula is C37H37NO14. The molecule has 15 nitrogen and oxygen atoms in total. The second-order valence-electron chi connectivity index (χ2n) is 12.9. The molecule has 6 atom stereocenters. The summed E-state index contributed by atoms with van der Waals surface area (Å²) in [4.78, 5) is 65.3. The number of carbonyl (C=O) groups is 5. The third-order valence-corrected chi connectivity index (χ3v) is 9.54. The smallest absolute Gasteiger partial charge is 0.407 e. The summed E-state index contributed by atoms with van der Waals surface area (Å²) in [6.07, 6.45) is -7.16. The minimum Gasteiger partial charge on any atom is -0.507 e. The van der Waals surface area contributed by atoms with Gasteiger partial charge in [0.05, 0.1) is 42.0 Å². The summed E-state index contributed by atoms with van der Waals surface area (Å²) in [7, 11) is 1.30. The SMILES string of the molecule is COc1cccc2c1C(=O)c1c(O)c3c(c(O)c1C2=O)C[C@@](O)(C(=O)COC(C)=O)C[C@@H]3O[C@H]1C[C@H](NC(=O)OCc2ccccc2)[C@H](O)[C@H](C)O1. The predicted molar refractivity (Wildman–Crippen MR) is 177 cm³/mol. The number of benzene rings is 3. The first-order chi connectivity index (χ1) is 24.7. The van der Waals surface area contributed by atoms with Crippen LogP contribution in [0.5, 0.6) is 17.2 Å². The summed E-state index contributed by atoms with van der Waals surface area (Å²) >= 11 is 0. The monoisotopic (exact) mass is 719 g/mol. The van der Waals surface area contributed by atoms with Crippen molar-refractivity contribution < 1.29 is 68.1 Å². The van der Waals surface area contributed by atoms with Crippen LogP contribution >= 0.6 is 0 Å². The molecule has 3 aromatic rings. The van der Waals surface area contributed by atoms with Gasteiger partial charge >= 0.3 is 12.1 Å². The van der Waals surface area contributed by atoms with Gasteiger partial charge in [0.2, 0.25) is 11.6 Å². The number of hydrogen-bond donors (Lipinski definition) is 5. The van der Waals surface area contributed by atoms with Crippen LogP contribution in [0.1, 0.15) is 81.3 Å². The van der Waals surface area contributed by atoms with Crippen LogP contribution < -0.4 is 10.1 Å². The van der Waals surface area contributed by atoms with Crippen molar-refractivity contribution in [2.24, 2.45) is 0 Å². The van der Waals surface area contributed by atoms with E-state index in [-0.39, 0.29) is 41.0 Å². The molecule has 15 heteroatoms. The fourth-order valence-corrected chi connectivity index (χ4v) is 6.93. The Kier molecular flexibility index (Phi) is 10.1. The summed E-state index contributed by atoms with van der Waals surface area (Å²) in [6.45, 7) is 1.72. The summed E-state index contributed by atoms with van der Waals surface area (Å²) in [5.74, 6) is -4.85. The number of fused-ring (bicyclic) bond motifs is 3. The minimum atomic E-state index is -2.37. The van der Waals surface area contributed by atoms with Crippen molar-refractivity contribution in [3.8, 4) is 17.2 Å². The number of ether oxygens (including phenoxy) is 5. The Bertz CT molecular complexity index is 1940. The lowest BCUT2D eigenvalue weighted by molar-refractivity contribution is -0.249. The van der Waals surface area contributed by atoms with E-state index < -0.39 is 108 Å². The number of phenols is 2. The second kappa shape index (κ2) is 14.3. The number of nitrogens with one attached hydrogen (secondary N) is 1. The zero-order valence-electron chi connectivity index (χ0n) is 28.4. The Balaban J connectivity index is 1.35. The molecule has 0 bridgehead atoms. The number of methoxy groups -OCH3 is 1. The topological polar surface area (TPSA) is 224 Å². The number of Topliss-reactive ketones (excluding diaryl/α,β-unsaturated/α-hetero) is 1. The Morgan fingerprint density at radius 3 is 2.37 bits per heavy atom. The van der Waals surface area contributed by atoms with Crippen molar-refractivity contribution in [2.75, 3.05) is 13.7 Å². The van der Waals surface area contributed by atoms with Crippen molar-refractivity contribution >= 4 is 29.4 Å². The zero-order chi connectivity index (χ0) is 37.5. The normalized spacial score (nSPS) is 24.9. The average molecular weight is 720 g/mol. The lowest BCUT2D eigenvalue weighted by Crippen LogP contribution is -2.56. The fourth-order valence-electron chi connectivity index (χ4n) is 6.93. The molecule has 6 rings (SSSR count). The van der Waals surface area contributed by atoms with Crippen molar-refractivity contribution in [1.82, 2.24) is 5.32 Å². The summed E-state index contributed by atoms with van der Waals surface area (Å²) in [5.41, 5.74) is -3.40. The molecule has 0 spiro atoms. The highest BCUT2D eigenvalue weighted by atomic mass is 16.7. The molecule has 5 N–H and O–H groups in total. The lowest BCUT2D eigenvalue weighted by atomic mass is 9.72. The summed E-state index contributed by atoms with van der Waals surface area (Å²) in [5, 5.41) is 48.7. The van der Waals surface area contributed by atoms with Crippen molar-refractivity contribution in [1.29, 1.82) is 0 Å². The van der Waals surface area contributed by atoms with E-state index in [9.17, 15) is 44.4 Å². The molecular weight excluding hydrogens is 682 g/mol. The Labute approximate surface area is 297 Å². The Hall–Kier alpha value is -5.35. The number of aliphatic hydroxyl groups excluding tert-OH is 1. The number of ketones is 3.